The maximum Gasteiger partial charge on any atom is 0.296 e. The van der Waals surface area contributed by atoms with Crippen molar-refractivity contribution < 1.29 is 0 Å². The Morgan fingerprint density at radius 2 is 1.75 bits per heavy atom. The van der Waals surface area contributed by atoms with Crippen LogP contribution in [0.3, 0.4) is 0 Å². The minimum atomic E-state index is -0.222. The van der Waals surface area contributed by atoms with Crippen molar-refractivity contribution >= 4 is 28.0 Å². The molecule has 0 bridgehead atoms. The van der Waals surface area contributed by atoms with Gasteiger partial charge in [-0.2, -0.15) is 9.61 Å². The summed E-state index contributed by atoms with van der Waals surface area (Å²) in [6.45, 7) is 0. The van der Waals surface area contributed by atoms with Crippen LogP contribution in [0, 0.1) is 0 Å². The number of hydrogen-bond acceptors (Lipinski definition) is 4. The molecule has 4 aromatic rings. The third kappa shape index (κ3) is 2.63. The fourth-order valence-corrected chi connectivity index (χ4v) is 2.82. The molecule has 2 heterocycles. The lowest BCUT2D eigenvalue weighted by Gasteiger charge is -2.05. The maximum atomic E-state index is 12.6. The van der Waals surface area contributed by atoms with Crippen LogP contribution >= 0.6 is 11.6 Å². The van der Waals surface area contributed by atoms with Crippen molar-refractivity contribution in [1.82, 2.24) is 19.8 Å². The summed E-state index contributed by atoms with van der Waals surface area (Å²) in [5.74, 6) is 0. The third-order valence-corrected chi connectivity index (χ3v) is 4.23. The molecule has 0 aliphatic heterocycles. The highest BCUT2D eigenvalue weighted by Gasteiger charge is 2.10. The molecule has 0 N–H and O–H groups in total. The van der Waals surface area contributed by atoms with E-state index in [1.54, 1.807) is 6.20 Å². The molecule has 24 heavy (non-hydrogen) atoms. The molecule has 0 radical (unpaired) electrons. The van der Waals surface area contributed by atoms with Crippen molar-refractivity contribution in [3.63, 3.8) is 0 Å². The molecule has 2 aromatic heterocycles. The third-order valence-electron chi connectivity index (χ3n) is 3.98. The van der Waals surface area contributed by atoms with Gasteiger partial charge in [-0.15, -0.1) is 10.2 Å². The van der Waals surface area contributed by atoms with Gasteiger partial charge in [-0.1, -0.05) is 48.0 Å². The second kappa shape index (κ2) is 6.02. The molecule has 0 aliphatic rings. The largest absolute Gasteiger partial charge is 0.296 e. The van der Waals surface area contributed by atoms with Crippen LogP contribution in [0.4, 0.5) is 0 Å². The van der Waals surface area contributed by atoms with Crippen LogP contribution in [0.5, 0.6) is 0 Å². The van der Waals surface area contributed by atoms with Crippen LogP contribution < -0.4 is 5.56 Å². The van der Waals surface area contributed by atoms with Gasteiger partial charge in [0.05, 0.1) is 6.20 Å². The second-order valence-corrected chi connectivity index (χ2v) is 5.98. The number of nitrogens with zero attached hydrogens (tertiary/aromatic N) is 4. The number of benzene rings is 2. The van der Waals surface area contributed by atoms with Crippen molar-refractivity contribution in [2.45, 2.75) is 12.8 Å². The van der Waals surface area contributed by atoms with Crippen LogP contribution in [-0.4, -0.2) is 19.8 Å². The Bertz CT molecular complexity index is 1090. The van der Waals surface area contributed by atoms with Crippen LogP contribution in [0.15, 0.2) is 59.5 Å². The van der Waals surface area contributed by atoms with Gasteiger partial charge in [0.1, 0.15) is 5.69 Å². The Morgan fingerprint density at radius 1 is 0.958 bits per heavy atom. The summed E-state index contributed by atoms with van der Waals surface area (Å²) < 4.78 is 1.33. The molecule has 4 rings (SSSR count). The van der Waals surface area contributed by atoms with E-state index < -0.39 is 0 Å². The SMILES string of the molecule is O=c1c(CCc2ccc(Cl)cc2)nnc2c3ccccc3cnn12. The smallest absolute Gasteiger partial charge is 0.265 e. The molecule has 0 unspecified atom stereocenters. The molecular formula is C18H13ClN4O. The van der Waals surface area contributed by atoms with Crippen LogP contribution in [0.1, 0.15) is 11.3 Å². The minimum Gasteiger partial charge on any atom is -0.265 e. The zero-order valence-electron chi connectivity index (χ0n) is 12.7. The number of rotatable bonds is 3. The lowest BCUT2D eigenvalue weighted by molar-refractivity contribution is 0.765. The fourth-order valence-electron chi connectivity index (χ4n) is 2.69. The van der Waals surface area contributed by atoms with E-state index in [1.165, 1.54) is 4.52 Å². The van der Waals surface area contributed by atoms with Crippen LogP contribution in [-0.2, 0) is 12.8 Å². The lowest BCUT2D eigenvalue weighted by atomic mass is 10.1. The maximum absolute atomic E-state index is 12.6. The van der Waals surface area contributed by atoms with Crippen molar-refractivity contribution in [2.75, 3.05) is 0 Å². The van der Waals surface area contributed by atoms with Crippen molar-refractivity contribution in [3.8, 4) is 0 Å². The molecule has 118 valence electrons. The van der Waals surface area contributed by atoms with E-state index in [0.29, 0.717) is 29.2 Å². The highest BCUT2D eigenvalue weighted by atomic mass is 35.5. The summed E-state index contributed by atoms with van der Waals surface area (Å²) >= 11 is 5.88. The number of hydrogen-bond donors (Lipinski definition) is 0. The Kier molecular flexibility index (Phi) is 3.70. The van der Waals surface area contributed by atoms with Crippen LogP contribution in [0.25, 0.3) is 16.4 Å². The number of fused-ring (bicyclic) bond motifs is 3. The molecule has 5 nitrogen and oxygen atoms in total. The fraction of sp³-hybridized carbons (Fsp3) is 0.111. The molecule has 0 fully saturated rings. The summed E-state index contributed by atoms with van der Waals surface area (Å²) in [7, 11) is 0. The molecule has 0 amide bonds. The van der Waals surface area contributed by atoms with E-state index in [0.717, 1.165) is 16.3 Å². The standard InChI is InChI=1S/C18H13ClN4O/c19-14-8-5-12(6-9-14)7-10-16-18(24)23-17(22-21-16)15-4-2-1-3-13(15)11-20-23/h1-6,8-9,11H,7,10H2. The van der Waals surface area contributed by atoms with E-state index in [2.05, 4.69) is 15.3 Å². The predicted octanol–water partition coefficient (Wildman–Crippen LogP) is 3.08. The van der Waals surface area contributed by atoms with Gasteiger partial charge in [-0.3, -0.25) is 4.79 Å². The summed E-state index contributed by atoms with van der Waals surface area (Å²) in [6.07, 6.45) is 2.88. The molecule has 2 aromatic carbocycles. The monoisotopic (exact) mass is 336 g/mol. The quantitative estimate of drug-likeness (QED) is 0.539. The molecular weight excluding hydrogens is 324 g/mol. The average Bonchev–Trinajstić information content (AvgIpc) is 2.62. The predicted molar refractivity (Wildman–Crippen MR) is 93.4 cm³/mol. The first-order valence-corrected chi connectivity index (χ1v) is 7.97. The molecule has 0 aliphatic carbocycles. The molecule has 0 saturated carbocycles. The molecule has 6 heteroatoms. The Morgan fingerprint density at radius 3 is 2.58 bits per heavy atom. The van der Waals surface area contributed by atoms with E-state index in [9.17, 15) is 4.79 Å². The summed E-state index contributed by atoms with van der Waals surface area (Å²) in [5, 5.41) is 15.1. The zero-order valence-corrected chi connectivity index (χ0v) is 13.4. The highest BCUT2D eigenvalue weighted by molar-refractivity contribution is 6.30. The Labute approximate surface area is 142 Å². The van der Waals surface area contributed by atoms with Gasteiger partial charge in [0.25, 0.3) is 5.56 Å². The summed E-state index contributed by atoms with van der Waals surface area (Å²) in [4.78, 5) is 12.6. The van der Waals surface area contributed by atoms with E-state index in [1.807, 2.05) is 48.5 Å². The van der Waals surface area contributed by atoms with Crippen LogP contribution in [0.2, 0.25) is 5.02 Å². The highest BCUT2D eigenvalue weighted by Crippen LogP contribution is 2.15. The first-order chi connectivity index (χ1) is 11.7. The van der Waals surface area contributed by atoms with Gasteiger partial charge in [0, 0.05) is 22.2 Å². The van der Waals surface area contributed by atoms with E-state index in [4.69, 9.17) is 11.6 Å². The van der Waals surface area contributed by atoms with Crippen molar-refractivity contribution in [2.24, 2.45) is 0 Å². The number of aromatic nitrogens is 4. The second-order valence-electron chi connectivity index (χ2n) is 5.55. The van der Waals surface area contributed by atoms with Gasteiger partial charge >= 0.3 is 0 Å². The zero-order chi connectivity index (χ0) is 16.5. The summed E-state index contributed by atoms with van der Waals surface area (Å²) in [5.41, 5.74) is 1.76. The van der Waals surface area contributed by atoms with Gasteiger partial charge in [-0.05, 0) is 24.1 Å². The van der Waals surface area contributed by atoms with Gasteiger partial charge in [0.2, 0.25) is 0 Å². The molecule has 0 atom stereocenters. The lowest BCUT2D eigenvalue weighted by Crippen LogP contribution is -2.24. The number of halogens is 1. The van der Waals surface area contributed by atoms with E-state index >= 15 is 0 Å². The average molecular weight is 337 g/mol. The molecule has 0 saturated heterocycles. The van der Waals surface area contributed by atoms with Crippen molar-refractivity contribution in [1.29, 1.82) is 0 Å². The molecule has 0 spiro atoms. The number of aryl methyl sites for hydroxylation is 2. The first-order valence-electron chi connectivity index (χ1n) is 7.59. The van der Waals surface area contributed by atoms with Gasteiger partial charge in [-0.25, -0.2) is 0 Å². The van der Waals surface area contributed by atoms with E-state index in [-0.39, 0.29) is 5.56 Å². The first kappa shape index (κ1) is 14.8. The topological polar surface area (TPSA) is 60.2 Å². The Hall–Kier alpha value is -2.79. The van der Waals surface area contributed by atoms with Crippen molar-refractivity contribution in [3.05, 3.63) is 81.4 Å². The minimum absolute atomic E-state index is 0.222. The van der Waals surface area contributed by atoms with Gasteiger partial charge in [0.15, 0.2) is 5.65 Å². The summed E-state index contributed by atoms with van der Waals surface area (Å²) in [6, 6.07) is 15.2. The normalized spacial score (nSPS) is 11.2. The Balaban J connectivity index is 1.72. The van der Waals surface area contributed by atoms with Gasteiger partial charge < -0.3 is 0 Å².